The van der Waals surface area contributed by atoms with E-state index in [1.54, 1.807) is 13.3 Å². The number of methoxy groups -OCH3 is 1. The molecule has 1 aromatic heterocycles. The first-order valence-corrected chi connectivity index (χ1v) is 6.06. The first-order chi connectivity index (χ1) is 8.69. The van der Waals surface area contributed by atoms with Gasteiger partial charge in [0.05, 0.1) is 19.0 Å². The maximum Gasteiger partial charge on any atom is 0.213 e. The zero-order chi connectivity index (χ0) is 13.0. The van der Waals surface area contributed by atoms with Gasteiger partial charge in [-0.05, 0) is 30.2 Å². The third-order valence-corrected chi connectivity index (χ3v) is 3.09. The summed E-state index contributed by atoms with van der Waals surface area (Å²) >= 11 is 6.08. The molecule has 3 nitrogen and oxygen atoms in total. The number of rotatable bonds is 4. The molecule has 0 atom stereocenters. The summed E-state index contributed by atoms with van der Waals surface area (Å²) < 4.78 is 5.00. The lowest BCUT2D eigenvalue weighted by molar-refractivity contribution is 0.398. The zero-order valence-corrected chi connectivity index (χ0v) is 11.2. The number of anilines is 1. The van der Waals surface area contributed by atoms with Gasteiger partial charge in [0, 0.05) is 17.6 Å². The summed E-state index contributed by atoms with van der Waals surface area (Å²) in [5, 5.41) is 4.08. The molecule has 0 amide bonds. The average molecular weight is 263 g/mol. The van der Waals surface area contributed by atoms with Crippen LogP contribution in [-0.4, -0.2) is 12.1 Å². The van der Waals surface area contributed by atoms with E-state index in [9.17, 15) is 0 Å². The fraction of sp³-hybridized carbons (Fsp3) is 0.214. The number of benzene rings is 1. The molecule has 4 heteroatoms. The van der Waals surface area contributed by atoms with E-state index >= 15 is 0 Å². The monoisotopic (exact) mass is 262 g/mol. The summed E-state index contributed by atoms with van der Waals surface area (Å²) in [5.74, 6) is 0.610. The van der Waals surface area contributed by atoms with Gasteiger partial charge in [0.15, 0.2) is 0 Å². The molecule has 18 heavy (non-hydrogen) atoms. The highest BCUT2D eigenvalue weighted by Crippen LogP contribution is 2.18. The van der Waals surface area contributed by atoms with E-state index in [1.165, 1.54) is 0 Å². The molecule has 1 N–H and O–H groups in total. The van der Waals surface area contributed by atoms with E-state index in [2.05, 4.69) is 16.4 Å². The lowest BCUT2D eigenvalue weighted by atomic mass is 10.1. The van der Waals surface area contributed by atoms with Gasteiger partial charge in [-0.15, -0.1) is 0 Å². The summed E-state index contributed by atoms with van der Waals surface area (Å²) in [6, 6.07) is 9.81. The molecular weight excluding hydrogens is 248 g/mol. The fourth-order valence-electron chi connectivity index (χ4n) is 1.56. The standard InChI is InChI=1S/C14H15ClN2O/c1-10-3-4-11(7-13(10)15)8-16-12-5-6-14(18-2)17-9-12/h3-7,9,16H,8H2,1-2H3. The predicted molar refractivity (Wildman–Crippen MR) is 74.3 cm³/mol. The van der Waals surface area contributed by atoms with Crippen molar-refractivity contribution in [3.05, 3.63) is 52.7 Å². The summed E-state index contributed by atoms with van der Waals surface area (Å²) in [7, 11) is 1.60. The Kier molecular flexibility index (Phi) is 4.05. The van der Waals surface area contributed by atoms with Crippen LogP contribution in [0.3, 0.4) is 0 Å². The Labute approximate surface area is 112 Å². The lowest BCUT2D eigenvalue weighted by Gasteiger charge is -2.08. The van der Waals surface area contributed by atoms with Crippen LogP contribution in [-0.2, 0) is 6.54 Å². The van der Waals surface area contributed by atoms with Crippen LogP contribution in [0.4, 0.5) is 5.69 Å². The van der Waals surface area contributed by atoms with E-state index < -0.39 is 0 Å². The van der Waals surface area contributed by atoms with E-state index in [-0.39, 0.29) is 0 Å². The van der Waals surface area contributed by atoms with Gasteiger partial charge in [0.2, 0.25) is 5.88 Å². The molecule has 0 aliphatic heterocycles. The normalized spacial score (nSPS) is 10.2. The Hall–Kier alpha value is -1.74. The number of ether oxygens (including phenoxy) is 1. The smallest absolute Gasteiger partial charge is 0.213 e. The lowest BCUT2D eigenvalue weighted by Crippen LogP contribution is -2.00. The molecule has 0 radical (unpaired) electrons. The minimum absolute atomic E-state index is 0.610. The quantitative estimate of drug-likeness (QED) is 0.913. The number of hydrogen-bond acceptors (Lipinski definition) is 3. The largest absolute Gasteiger partial charge is 0.481 e. The number of halogens is 1. The maximum absolute atomic E-state index is 6.08. The molecule has 2 aromatic rings. The molecule has 0 spiro atoms. The highest BCUT2D eigenvalue weighted by atomic mass is 35.5. The summed E-state index contributed by atoms with van der Waals surface area (Å²) in [6.45, 7) is 2.71. The second kappa shape index (κ2) is 5.74. The van der Waals surface area contributed by atoms with Gasteiger partial charge >= 0.3 is 0 Å². The van der Waals surface area contributed by atoms with Crippen molar-refractivity contribution in [1.82, 2.24) is 4.98 Å². The number of hydrogen-bond donors (Lipinski definition) is 1. The van der Waals surface area contributed by atoms with Crippen molar-refractivity contribution in [2.75, 3.05) is 12.4 Å². The third-order valence-electron chi connectivity index (χ3n) is 2.68. The topological polar surface area (TPSA) is 34.1 Å². The summed E-state index contributed by atoms with van der Waals surface area (Å²) in [5.41, 5.74) is 3.18. The number of pyridine rings is 1. The van der Waals surface area contributed by atoms with Crippen LogP contribution in [0, 0.1) is 6.92 Å². The van der Waals surface area contributed by atoms with Gasteiger partial charge in [-0.1, -0.05) is 23.7 Å². The van der Waals surface area contributed by atoms with Crippen LogP contribution >= 0.6 is 11.6 Å². The molecule has 0 saturated heterocycles. The van der Waals surface area contributed by atoms with Gasteiger partial charge in [-0.2, -0.15) is 0 Å². The molecule has 0 aliphatic rings. The molecule has 0 saturated carbocycles. The second-order valence-electron chi connectivity index (χ2n) is 4.03. The predicted octanol–water partition coefficient (Wildman–Crippen LogP) is 3.66. The Balaban J connectivity index is 1.99. The Morgan fingerprint density at radius 2 is 2.11 bits per heavy atom. The molecule has 2 rings (SSSR count). The van der Waals surface area contributed by atoms with Gasteiger partial charge in [-0.25, -0.2) is 4.98 Å². The second-order valence-corrected chi connectivity index (χ2v) is 4.43. The molecule has 1 heterocycles. The molecule has 0 aliphatic carbocycles. The molecular formula is C14H15ClN2O. The van der Waals surface area contributed by atoms with Gasteiger partial charge in [-0.3, -0.25) is 0 Å². The molecule has 0 fully saturated rings. The maximum atomic E-state index is 6.08. The fourth-order valence-corrected chi connectivity index (χ4v) is 1.76. The highest BCUT2D eigenvalue weighted by Gasteiger charge is 1.99. The zero-order valence-electron chi connectivity index (χ0n) is 10.4. The van der Waals surface area contributed by atoms with Gasteiger partial charge in [0.25, 0.3) is 0 Å². The van der Waals surface area contributed by atoms with Crippen molar-refractivity contribution in [2.24, 2.45) is 0 Å². The Morgan fingerprint density at radius 1 is 1.28 bits per heavy atom. The van der Waals surface area contributed by atoms with E-state index in [4.69, 9.17) is 16.3 Å². The minimum atomic E-state index is 0.610. The van der Waals surface area contributed by atoms with E-state index in [0.29, 0.717) is 12.4 Å². The summed E-state index contributed by atoms with van der Waals surface area (Å²) in [6.07, 6.45) is 1.74. The van der Waals surface area contributed by atoms with Crippen LogP contribution in [0.5, 0.6) is 5.88 Å². The number of nitrogens with one attached hydrogen (secondary N) is 1. The van der Waals surface area contributed by atoms with Crippen LogP contribution in [0.25, 0.3) is 0 Å². The third kappa shape index (κ3) is 3.14. The van der Waals surface area contributed by atoms with Gasteiger partial charge < -0.3 is 10.1 Å². The average Bonchev–Trinajstić information content (AvgIpc) is 2.41. The number of aromatic nitrogens is 1. The molecule has 0 unspecified atom stereocenters. The van der Waals surface area contributed by atoms with E-state index in [1.807, 2.05) is 31.2 Å². The summed E-state index contributed by atoms with van der Waals surface area (Å²) in [4.78, 5) is 4.13. The first kappa shape index (κ1) is 12.7. The van der Waals surface area contributed by atoms with E-state index in [0.717, 1.165) is 21.8 Å². The van der Waals surface area contributed by atoms with Crippen molar-refractivity contribution in [3.63, 3.8) is 0 Å². The van der Waals surface area contributed by atoms with Crippen molar-refractivity contribution in [3.8, 4) is 5.88 Å². The first-order valence-electron chi connectivity index (χ1n) is 5.68. The minimum Gasteiger partial charge on any atom is -0.481 e. The molecule has 1 aromatic carbocycles. The number of nitrogens with zero attached hydrogens (tertiary/aromatic N) is 1. The van der Waals surface area contributed by atoms with Gasteiger partial charge in [0.1, 0.15) is 0 Å². The SMILES string of the molecule is COc1ccc(NCc2ccc(C)c(Cl)c2)cn1. The van der Waals surface area contributed by atoms with Crippen molar-refractivity contribution >= 4 is 17.3 Å². The van der Waals surface area contributed by atoms with Crippen LogP contribution in [0.1, 0.15) is 11.1 Å². The van der Waals surface area contributed by atoms with Crippen molar-refractivity contribution in [2.45, 2.75) is 13.5 Å². The Bertz CT molecular complexity index is 526. The highest BCUT2D eigenvalue weighted by molar-refractivity contribution is 6.31. The van der Waals surface area contributed by atoms with Crippen LogP contribution in [0.2, 0.25) is 5.02 Å². The molecule has 94 valence electrons. The van der Waals surface area contributed by atoms with Crippen molar-refractivity contribution < 1.29 is 4.74 Å². The Morgan fingerprint density at radius 3 is 2.72 bits per heavy atom. The van der Waals surface area contributed by atoms with Crippen LogP contribution in [0.15, 0.2) is 36.5 Å². The van der Waals surface area contributed by atoms with Crippen molar-refractivity contribution in [1.29, 1.82) is 0 Å². The molecule has 0 bridgehead atoms. The number of aryl methyl sites for hydroxylation is 1. The van der Waals surface area contributed by atoms with Crippen LogP contribution < -0.4 is 10.1 Å².